The standard InChI is InChI=1S/C17H18INO3/c1-4-19-11(2)9-15(12(19)3)17(21)22-10-16(20)13-5-7-14(18)8-6-13/h5-9H,4,10H2,1-3H3. The van der Waals surface area contributed by atoms with Crippen molar-refractivity contribution in [1.82, 2.24) is 4.57 Å². The number of benzene rings is 1. The van der Waals surface area contributed by atoms with Crippen molar-refractivity contribution in [1.29, 1.82) is 0 Å². The van der Waals surface area contributed by atoms with Crippen molar-refractivity contribution in [2.75, 3.05) is 6.61 Å². The smallest absolute Gasteiger partial charge is 0.340 e. The molecule has 0 unspecified atom stereocenters. The van der Waals surface area contributed by atoms with Crippen LogP contribution in [-0.2, 0) is 11.3 Å². The van der Waals surface area contributed by atoms with Gasteiger partial charge in [0.05, 0.1) is 5.56 Å². The second-order valence-electron chi connectivity index (χ2n) is 5.04. The molecule has 0 aliphatic carbocycles. The van der Waals surface area contributed by atoms with Crippen molar-refractivity contribution in [3.05, 3.63) is 56.4 Å². The molecule has 0 amide bonds. The minimum atomic E-state index is -0.452. The molecule has 22 heavy (non-hydrogen) atoms. The molecule has 2 rings (SSSR count). The molecule has 0 radical (unpaired) electrons. The number of halogens is 1. The van der Waals surface area contributed by atoms with E-state index < -0.39 is 5.97 Å². The monoisotopic (exact) mass is 411 g/mol. The highest BCUT2D eigenvalue weighted by molar-refractivity contribution is 14.1. The first-order chi connectivity index (χ1) is 10.4. The Morgan fingerprint density at radius 3 is 2.36 bits per heavy atom. The summed E-state index contributed by atoms with van der Waals surface area (Å²) >= 11 is 2.17. The topological polar surface area (TPSA) is 48.3 Å². The second kappa shape index (κ2) is 7.09. The Morgan fingerprint density at radius 2 is 1.82 bits per heavy atom. The number of ketones is 1. The van der Waals surface area contributed by atoms with Crippen molar-refractivity contribution in [2.45, 2.75) is 27.3 Å². The van der Waals surface area contributed by atoms with E-state index in [1.807, 2.05) is 37.5 Å². The number of hydrogen-bond donors (Lipinski definition) is 0. The quantitative estimate of drug-likeness (QED) is 0.428. The fraction of sp³-hybridized carbons (Fsp3) is 0.294. The van der Waals surface area contributed by atoms with Gasteiger partial charge in [0.25, 0.3) is 0 Å². The third-order valence-corrected chi connectivity index (χ3v) is 4.33. The Balaban J connectivity index is 2.04. The summed E-state index contributed by atoms with van der Waals surface area (Å²) in [6.45, 7) is 6.41. The van der Waals surface area contributed by atoms with Crippen molar-refractivity contribution in [3.63, 3.8) is 0 Å². The maximum atomic E-state index is 12.1. The number of rotatable bonds is 5. The Bertz CT molecular complexity index is 701. The number of aryl methyl sites for hydroxylation is 1. The van der Waals surface area contributed by atoms with Gasteiger partial charge in [0.15, 0.2) is 12.4 Å². The number of nitrogens with zero attached hydrogens (tertiary/aromatic N) is 1. The van der Waals surface area contributed by atoms with E-state index in [1.54, 1.807) is 18.2 Å². The van der Waals surface area contributed by atoms with E-state index in [2.05, 4.69) is 22.6 Å². The summed E-state index contributed by atoms with van der Waals surface area (Å²) in [4.78, 5) is 24.2. The highest BCUT2D eigenvalue weighted by Crippen LogP contribution is 2.16. The van der Waals surface area contributed by atoms with Crippen LogP contribution in [0.3, 0.4) is 0 Å². The van der Waals surface area contributed by atoms with E-state index in [0.29, 0.717) is 11.1 Å². The van der Waals surface area contributed by atoms with Crippen molar-refractivity contribution >= 4 is 34.3 Å². The first-order valence-corrected chi connectivity index (χ1v) is 8.14. The SMILES string of the molecule is CCn1c(C)cc(C(=O)OCC(=O)c2ccc(I)cc2)c1C. The fourth-order valence-electron chi connectivity index (χ4n) is 2.42. The third-order valence-electron chi connectivity index (χ3n) is 3.61. The Morgan fingerprint density at radius 1 is 1.18 bits per heavy atom. The minimum absolute atomic E-state index is 0.200. The van der Waals surface area contributed by atoms with Gasteiger partial charge in [-0.1, -0.05) is 12.1 Å². The summed E-state index contributed by atoms with van der Waals surface area (Å²) < 4.78 is 8.26. The zero-order chi connectivity index (χ0) is 16.3. The number of carbonyl (C=O) groups is 2. The molecule has 0 saturated carbocycles. The third kappa shape index (κ3) is 3.58. The average molecular weight is 411 g/mol. The lowest BCUT2D eigenvalue weighted by Crippen LogP contribution is -2.15. The summed E-state index contributed by atoms with van der Waals surface area (Å²) in [7, 11) is 0. The molecule has 2 aromatic rings. The summed E-state index contributed by atoms with van der Waals surface area (Å²) in [5.74, 6) is -0.652. The van der Waals surface area contributed by atoms with Crippen LogP contribution >= 0.6 is 22.6 Å². The van der Waals surface area contributed by atoms with Crippen LogP contribution in [0, 0.1) is 17.4 Å². The van der Waals surface area contributed by atoms with Crippen LogP contribution in [-0.4, -0.2) is 22.9 Å². The van der Waals surface area contributed by atoms with E-state index in [-0.39, 0.29) is 12.4 Å². The van der Waals surface area contributed by atoms with Crippen LogP contribution in [0.5, 0.6) is 0 Å². The largest absolute Gasteiger partial charge is 0.454 e. The molecular formula is C17H18INO3. The van der Waals surface area contributed by atoms with Crippen LogP contribution in [0.1, 0.15) is 39.0 Å². The molecule has 0 N–H and O–H groups in total. The van der Waals surface area contributed by atoms with Crippen LogP contribution in [0.15, 0.2) is 30.3 Å². The lowest BCUT2D eigenvalue weighted by atomic mass is 10.1. The fourth-order valence-corrected chi connectivity index (χ4v) is 2.78. The van der Waals surface area contributed by atoms with E-state index in [0.717, 1.165) is 21.5 Å². The molecular weight excluding hydrogens is 393 g/mol. The summed E-state index contributed by atoms with van der Waals surface area (Å²) in [6, 6.07) is 8.98. The van der Waals surface area contributed by atoms with Gasteiger partial charge in [0.2, 0.25) is 0 Å². The number of Topliss-reactive ketones (excluding diaryl/α,β-unsaturated/α-hetero) is 1. The van der Waals surface area contributed by atoms with Gasteiger partial charge in [-0.2, -0.15) is 0 Å². The van der Waals surface area contributed by atoms with Crippen LogP contribution in [0.2, 0.25) is 0 Å². The first kappa shape index (κ1) is 16.7. The van der Waals surface area contributed by atoms with E-state index in [9.17, 15) is 9.59 Å². The lowest BCUT2D eigenvalue weighted by molar-refractivity contribution is 0.0474. The van der Waals surface area contributed by atoms with Gasteiger partial charge in [-0.15, -0.1) is 0 Å². The summed E-state index contributed by atoms with van der Waals surface area (Å²) in [6.07, 6.45) is 0. The van der Waals surface area contributed by atoms with E-state index in [1.165, 1.54) is 0 Å². The maximum absolute atomic E-state index is 12.1. The predicted molar refractivity (Wildman–Crippen MR) is 93.4 cm³/mol. The molecule has 116 valence electrons. The normalized spacial score (nSPS) is 10.5. The molecule has 0 bridgehead atoms. The van der Waals surface area contributed by atoms with Crippen molar-refractivity contribution in [3.8, 4) is 0 Å². The van der Waals surface area contributed by atoms with Crippen LogP contribution in [0.4, 0.5) is 0 Å². The van der Waals surface area contributed by atoms with Gasteiger partial charge < -0.3 is 9.30 Å². The minimum Gasteiger partial charge on any atom is -0.454 e. The van der Waals surface area contributed by atoms with Crippen LogP contribution in [0.25, 0.3) is 0 Å². The second-order valence-corrected chi connectivity index (χ2v) is 6.28. The van der Waals surface area contributed by atoms with Crippen molar-refractivity contribution in [2.24, 2.45) is 0 Å². The number of ether oxygens (including phenoxy) is 1. The highest BCUT2D eigenvalue weighted by atomic mass is 127. The summed E-state index contributed by atoms with van der Waals surface area (Å²) in [5.41, 5.74) is 2.95. The molecule has 5 heteroatoms. The molecule has 4 nitrogen and oxygen atoms in total. The molecule has 1 heterocycles. The lowest BCUT2D eigenvalue weighted by Gasteiger charge is -2.06. The molecule has 0 fully saturated rings. The van der Waals surface area contributed by atoms with E-state index in [4.69, 9.17) is 4.74 Å². The molecule has 1 aromatic heterocycles. The first-order valence-electron chi connectivity index (χ1n) is 7.06. The highest BCUT2D eigenvalue weighted by Gasteiger charge is 2.17. The van der Waals surface area contributed by atoms with Crippen LogP contribution < -0.4 is 0 Å². The number of esters is 1. The zero-order valence-corrected chi connectivity index (χ0v) is 15.0. The van der Waals surface area contributed by atoms with Gasteiger partial charge in [-0.05, 0) is 61.6 Å². The van der Waals surface area contributed by atoms with Gasteiger partial charge in [-0.25, -0.2) is 4.79 Å². The van der Waals surface area contributed by atoms with Gasteiger partial charge in [0, 0.05) is 27.1 Å². The number of aromatic nitrogens is 1. The van der Waals surface area contributed by atoms with E-state index >= 15 is 0 Å². The Kier molecular flexibility index (Phi) is 5.39. The zero-order valence-electron chi connectivity index (χ0n) is 12.9. The number of carbonyl (C=O) groups excluding carboxylic acids is 2. The number of hydrogen-bond acceptors (Lipinski definition) is 3. The predicted octanol–water partition coefficient (Wildman–Crippen LogP) is 3.77. The molecule has 0 aliphatic rings. The molecule has 0 atom stereocenters. The molecule has 0 saturated heterocycles. The Labute approximate surface area is 143 Å². The average Bonchev–Trinajstić information content (AvgIpc) is 2.79. The molecule has 0 spiro atoms. The van der Waals surface area contributed by atoms with Gasteiger partial charge >= 0.3 is 5.97 Å². The van der Waals surface area contributed by atoms with Gasteiger partial charge in [0.1, 0.15) is 0 Å². The Hall–Kier alpha value is -1.63. The summed E-state index contributed by atoms with van der Waals surface area (Å²) in [5, 5.41) is 0. The molecule has 1 aromatic carbocycles. The van der Waals surface area contributed by atoms with Gasteiger partial charge in [-0.3, -0.25) is 4.79 Å². The van der Waals surface area contributed by atoms with Crippen molar-refractivity contribution < 1.29 is 14.3 Å². The maximum Gasteiger partial charge on any atom is 0.340 e. The molecule has 0 aliphatic heterocycles.